The van der Waals surface area contributed by atoms with Crippen LogP contribution in [0, 0.1) is 13.8 Å². The molecule has 0 radical (unpaired) electrons. The number of carboxylic acids is 1. The van der Waals surface area contributed by atoms with E-state index >= 15 is 0 Å². The molecule has 0 fully saturated rings. The van der Waals surface area contributed by atoms with Gasteiger partial charge in [-0.15, -0.1) is 11.3 Å². The van der Waals surface area contributed by atoms with Gasteiger partial charge in [0.1, 0.15) is 11.8 Å². The maximum Gasteiger partial charge on any atom is 0.326 e. The Labute approximate surface area is 102 Å². The van der Waals surface area contributed by atoms with Gasteiger partial charge in [-0.3, -0.25) is 4.79 Å². The van der Waals surface area contributed by atoms with E-state index in [-0.39, 0.29) is 0 Å². The van der Waals surface area contributed by atoms with Gasteiger partial charge in [0.2, 0.25) is 0 Å². The average molecular weight is 252 g/mol. The Morgan fingerprint density at radius 3 is 2.76 bits per heavy atom. The topological polar surface area (TPSA) is 89.3 Å². The second-order valence-corrected chi connectivity index (χ2v) is 4.73. The molecule has 0 saturated carbocycles. The Morgan fingerprint density at radius 1 is 1.53 bits per heavy atom. The highest BCUT2D eigenvalue weighted by Gasteiger charge is 2.22. The summed E-state index contributed by atoms with van der Waals surface area (Å²) in [6, 6.07) is 2.62. The minimum Gasteiger partial charge on any atom is -0.480 e. The highest BCUT2D eigenvalue weighted by atomic mass is 32.1. The molecule has 2 aromatic heterocycles. The molecule has 0 aromatic carbocycles. The third kappa shape index (κ3) is 2.22. The molecule has 0 spiro atoms. The molecular weight excluding hydrogens is 240 g/mol. The Morgan fingerprint density at radius 2 is 2.24 bits per heavy atom. The monoisotopic (exact) mass is 252 g/mol. The summed E-state index contributed by atoms with van der Waals surface area (Å²) in [6.07, 6.45) is 0. The number of rotatable bonds is 3. The smallest absolute Gasteiger partial charge is 0.326 e. The van der Waals surface area contributed by atoms with Crippen molar-refractivity contribution < 1.29 is 14.3 Å². The van der Waals surface area contributed by atoms with Crippen molar-refractivity contribution in [3.63, 3.8) is 0 Å². The summed E-state index contributed by atoms with van der Waals surface area (Å²) in [4.78, 5) is 15.7. The number of hydrogen-bond donors (Lipinski definition) is 2. The number of aliphatic carboxylic acids is 1. The fourth-order valence-electron chi connectivity index (χ4n) is 1.46. The van der Waals surface area contributed by atoms with Crippen LogP contribution >= 0.6 is 11.3 Å². The number of hydrogen-bond acceptors (Lipinski definition) is 5. The van der Waals surface area contributed by atoms with Gasteiger partial charge < -0.3 is 15.3 Å². The first-order valence-corrected chi connectivity index (χ1v) is 5.83. The van der Waals surface area contributed by atoms with E-state index in [0.717, 1.165) is 5.76 Å². The summed E-state index contributed by atoms with van der Waals surface area (Å²) in [5.74, 6) is 0.371. The Balaban J connectivity index is 2.40. The summed E-state index contributed by atoms with van der Waals surface area (Å²) in [5, 5.41) is 9.53. The third-order valence-electron chi connectivity index (χ3n) is 2.33. The van der Waals surface area contributed by atoms with Gasteiger partial charge in [-0.2, -0.15) is 0 Å². The number of nitrogens with two attached hydrogens (primary N) is 1. The van der Waals surface area contributed by atoms with Crippen LogP contribution < -0.4 is 5.73 Å². The highest BCUT2D eigenvalue weighted by molar-refractivity contribution is 7.15. The second-order valence-electron chi connectivity index (χ2n) is 3.69. The van der Waals surface area contributed by atoms with Crippen LogP contribution in [0.4, 0.5) is 0 Å². The van der Waals surface area contributed by atoms with Crippen LogP contribution in [0.25, 0.3) is 10.8 Å². The average Bonchev–Trinajstić information content (AvgIpc) is 2.83. The summed E-state index contributed by atoms with van der Waals surface area (Å²) in [5.41, 5.74) is 6.21. The first-order chi connectivity index (χ1) is 7.99. The molecule has 2 rings (SSSR count). The lowest BCUT2D eigenvalue weighted by Crippen LogP contribution is -2.20. The van der Waals surface area contributed by atoms with E-state index in [4.69, 9.17) is 15.3 Å². The van der Waals surface area contributed by atoms with Crippen molar-refractivity contribution in [3.05, 3.63) is 28.5 Å². The predicted octanol–water partition coefficient (Wildman–Crippen LogP) is 2.10. The number of carboxylic acid groups (broad SMARTS) is 1. The van der Waals surface area contributed by atoms with E-state index in [0.29, 0.717) is 21.3 Å². The minimum absolute atomic E-state index is 0.557. The van der Waals surface area contributed by atoms with Crippen molar-refractivity contribution >= 4 is 17.3 Å². The predicted molar refractivity (Wildman–Crippen MR) is 63.9 cm³/mol. The maximum absolute atomic E-state index is 10.8. The standard InChI is InChI=1S/C11H12N2O3S/c1-5-3-4-7(16-5)10-13-6(2)9(17-10)8(12)11(14)15/h3-4,8H,12H2,1-2H3,(H,14,15). The van der Waals surface area contributed by atoms with E-state index < -0.39 is 12.0 Å². The Bertz CT molecular complexity index is 559. The minimum atomic E-state index is -1.06. The molecule has 0 amide bonds. The van der Waals surface area contributed by atoms with Crippen molar-refractivity contribution in [3.8, 4) is 10.8 Å². The van der Waals surface area contributed by atoms with Crippen molar-refractivity contribution in [2.45, 2.75) is 19.9 Å². The maximum atomic E-state index is 10.8. The van der Waals surface area contributed by atoms with Crippen LogP contribution in [0.2, 0.25) is 0 Å². The lowest BCUT2D eigenvalue weighted by atomic mass is 10.2. The molecule has 1 unspecified atom stereocenters. The van der Waals surface area contributed by atoms with Crippen LogP contribution in [0.3, 0.4) is 0 Å². The van der Waals surface area contributed by atoms with Crippen molar-refractivity contribution in [1.82, 2.24) is 4.98 Å². The highest BCUT2D eigenvalue weighted by Crippen LogP contribution is 2.31. The first kappa shape index (κ1) is 11.8. The van der Waals surface area contributed by atoms with Crippen LogP contribution in [-0.2, 0) is 4.79 Å². The molecule has 3 N–H and O–H groups in total. The second kappa shape index (κ2) is 4.31. The van der Waals surface area contributed by atoms with Gasteiger partial charge in [-0.05, 0) is 26.0 Å². The number of furan rings is 1. The van der Waals surface area contributed by atoms with Gasteiger partial charge in [-0.25, -0.2) is 4.98 Å². The van der Waals surface area contributed by atoms with Gasteiger partial charge >= 0.3 is 5.97 Å². The summed E-state index contributed by atoms with van der Waals surface area (Å²) in [6.45, 7) is 3.59. The van der Waals surface area contributed by atoms with E-state index in [1.165, 1.54) is 11.3 Å². The SMILES string of the molecule is Cc1ccc(-c2nc(C)c(C(N)C(=O)O)s2)o1. The summed E-state index contributed by atoms with van der Waals surface area (Å²) in [7, 11) is 0. The first-order valence-electron chi connectivity index (χ1n) is 5.01. The molecule has 0 bridgehead atoms. The zero-order valence-electron chi connectivity index (χ0n) is 9.43. The van der Waals surface area contributed by atoms with E-state index in [1.54, 1.807) is 6.92 Å². The van der Waals surface area contributed by atoms with E-state index in [1.807, 2.05) is 19.1 Å². The summed E-state index contributed by atoms with van der Waals surface area (Å²) < 4.78 is 5.44. The molecule has 6 heteroatoms. The van der Waals surface area contributed by atoms with Gasteiger partial charge in [0.15, 0.2) is 10.8 Å². The lowest BCUT2D eigenvalue weighted by molar-refractivity contribution is -0.138. The van der Waals surface area contributed by atoms with Crippen LogP contribution in [-0.4, -0.2) is 16.1 Å². The van der Waals surface area contributed by atoms with Gasteiger partial charge in [0, 0.05) is 0 Å². The van der Waals surface area contributed by atoms with Gasteiger partial charge in [-0.1, -0.05) is 0 Å². The molecule has 17 heavy (non-hydrogen) atoms. The van der Waals surface area contributed by atoms with Crippen molar-refractivity contribution in [2.75, 3.05) is 0 Å². The zero-order valence-corrected chi connectivity index (χ0v) is 10.2. The molecule has 0 aliphatic carbocycles. The van der Waals surface area contributed by atoms with E-state index in [9.17, 15) is 4.79 Å². The fraction of sp³-hybridized carbons (Fsp3) is 0.273. The summed E-state index contributed by atoms with van der Waals surface area (Å²) >= 11 is 1.25. The normalized spacial score (nSPS) is 12.6. The quantitative estimate of drug-likeness (QED) is 0.873. The van der Waals surface area contributed by atoms with Gasteiger partial charge in [0.05, 0.1) is 10.6 Å². The Kier molecular flexibility index (Phi) is 2.99. The lowest BCUT2D eigenvalue weighted by Gasteiger charge is -2.02. The van der Waals surface area contributed by atoms with Gasteiger partial charge in [0.25, 0.3) is 0 Å². The Hall–Kier alpha value is -1.66. The largest absolute Gasteiger partial charge is 0.480 e. The van der Waals surface area contributed by atoms with Crippen molar-refractivity contribution in [2.24, 2.45) is 5.73 Å². The molecule has 0 aliphatic rings. The number of aryl methyl sites for hydroxylation is 2. The molecule has 2 heterocycles. The molecular formula is C11H12N2O3S. The third-order valence-corrected chi connectivity index (χ3v) is 3.59. The van der Waals surface area contributed by atoms with Crippen LogP contribution in [0.15, 0.2) is 16.5 Å². The van der Waals surface area contributed by atoms with Crippen LogP contribution in [0.1, 0.15) is 22.4 Å². The molecule has 1 atom stereocenters. The molecule has 0 aliphatic heterocycles. The number of carbonyl (C=O) groups is 1. The van der Waals surface area contributed by atoms with E-state index in [2.05, 4.69) is 4.98 Å². The molecule has 0 saturated heterocycles. The number of thiazole rings is 1. The molecule has 5 nitrogen and oxygen atoms in total. The zero-order chi connectivity index (χ0) is 12.6. The molecule has 2 aromatic rings. The number of nitrogens with zero attached hydrogens (tertiary/aromatic N) is 1. The van der Waals surface area contributed by atoms with Crippen LogP contribution in [0.5, 0.6) is 0 Å². The number of aromatic nitrogens is 1. The fourth-order valence-corrected chi connectivity index (χ4v) is 2.49. The molecule has 90 valence electrons. The van der Waals surface area contributed by atoms with Crippen molar-refractivity contribution in [1.29, 1.82) is 0 Å².